The van der Waals surface area contributed by atoms with Crippen molar-refractivity contribution in [2.75, 3.05) is 0 Å². The van der Waals surface area contributed by atoms with Gasteiger partial charge in [0.15, 0.2) is 0 Å². The first-order valence-electron chi connectivity index (χ1n) is 11.1. The van der Waals surface area contributed by atoms with E-state index in [1.807, 2.05) is 36.4 Å². The van der Waals surface area contributed by atoms with Crippen LogP contribution in [-0.2, 0) is 4.79 Å². The maximum atomic E-state index is 13.5. The number of hydrogen-bond donors (Lipinski definition) is 2. The Bertz CT molecular complexity index is 1000. The molecule has 2 aromatic carbocycles. The third-order valence-corrected chi connectivity index (χ3v) is 5.98. The molecule has 1 saturated carbocycles. The zero-order valence-corrected chi connectivity index (χ0v) is 17.8. The molecule has 5 heteroatoms. The van der Waals surface area contributed by atoms with Gasteiger partial charge in [-0.15, -0.1) is 0 Å². The summed E-state index contributed by atoms with van der Waals surface area (Å²) < 4.78 is 2.10. The number of aromatic hydroxyl groups is 1. The van der Waals surface area contributed by atoms with Crippen LogP contribution in [0, 0.1) is 5.92 Å². The number of amides is 1. The summed E-state index contributed by atoms with van der Waals surface area (Å²) in [5, 5.41) is 13.1. The summed E-state index contributed by atoms with van der Waals surface area (Å²) >= 11 is 0. The van der Waals surface area contributed by atoms with E-state index in [1.165, 1.54) is 19.3 Å². The van der Waals surface area contributed by atoms with Gasteiger partial charge in [0, 0.05) is 11.6 Å². The first-order chi connectivity index (χ1) is 14.5. The summed E-state index contributed by atoms with van der Waals surface area (Å²) in [5.74, 6) is 1.43. The minimum Gasteiger partial charge on any atom is -0.508 e. The summed E-state index contributed by atoms with van der Waals surface area (Å²) in [6.07, 6.45) is 6.51. The highest BCUT2D eigenvalue weighted by molar-refractivity contribution is 5.87. The SMILES string of the molecule is CC(C)CC(C(=O)NC1CCCCC1)n1c(-c2ccc(O)cc2)nc2ccccc21. The van der Waals surface area contributed by atoms with E-state index < -0.39 is 0 Å². The molecule has 1 aliphatic carbocycles. The zero-order valence-electron chi connectivity index (χ0n) is 17.8. The standard InChI is InChI=1S/C25H31N3O2/c1-17(2)16-23(25(30)26-19-8-4-3-5-9-19)28-22-11-7-6-10-21(22)27-24(28)18-12-14-20(29)15-13-18/h6-7,10-15,17,19,23,29H,3-5,8-9,16H2,1-2H3,(H,26,30). The average Bonchev–Trinajstić information content (AvgIpc) is 3.12. The summed E-state index contributed by atoms with van der Waals surface area (Å²) in [5.41, 5.74) is 2.73. The van der Waals surface area contributed by atoms with Crippen LogP contribution >= 0.6 is 0 Å². The number of phenolic OH excluding ortho intramolecular Hbond substituents is 1. The molecular weight excluding hydrogens is 374 g/mol. The van der Waals surface area contributed by atoms with Crippen LogP contribution in [0.1, 0.15) is 58.4 Å². The number of carbonyl (C=O) groups is 1. The number of benzene rings is 2. The predicted molar refractivity (Wildman–Crippen MR) is 120 cm³/mol. The topological polar surface area (TPSA) is 67.2 Å². The second-order valence-electron chi connectivity index (χ2n) is 8.83. The average molecular weight is 406 g/mol. The van der Waals surface area contributed by atoms with Crippen molar-refractivity contribution in [1.82, 2.24) is 14.9 Å². The highest BCUT2D eigenvalue weighted by atomic mass is 16.3. The summed E-state index contributed by atoms with van der Waals surface area (Å²) in [6.45, 7) is 4.31. The third kappa shape index (κ3) is 4.35. The molecule has 1 amide bonds. The lowest BCUT2D eigenvalue weighted by molar-refractivity contribution is -0.125. The van der Waals surface area contributed by atoms with Crippen molar-refractivity contribution < 1.29 is 9.90 Å². The first kappa shape index (κ1) is 20.5. The van der Waals surface area contributed by atoms with Gasteiger partial charge in [0.05, 0.1) is 11.0 Å². The fraction of sp³-hybridized carbons (Fsp3) is 0.440. The Hall–Kier alpha value is -2.82. The van der Waals surface area contributed by atoms with Crippen molar-refractivity contribution >= 4 is 16.9 Å². The lowest BCUT2D eigenvalue weighted by atomic mass is 9.94. The van der Waals surface area contributed by atoms with Crippen LogP contribution in [0.15, 0.2) is 48.5 Å². The van der Waals surface area contributed by atoms with E-state index in [-0.39, 0.29) is 23.7 Å². The second kappa shape index (κ2) is 8.90. The molecule has 158 valence electrons. The molecule has 0 spiro atoms. The van der Waals surface area contributed by atoms with E-state index in [0.29, 0.717) is 5.92 Å². The van der Waals surface area contributed by atoms with E-state index in [1.54, 1.807) is 12.1 Å². The number of imidazole rings is 1. The molecule has 5 nitrogen and oxygen atoms in total. The van der Waals surface area contributed by atoms with Crippen LogP contribution in [0.3, 0.4) is 0 Å². The van der Waals surface area contributed by atoms with E-state index in [4.69, 9.17) is 4.98 Å². The normalized spacial score (nSPS) is 16.1. The van der Waals surface area contributed by atoms with Crippen LogP contribution in [0.2, 0.25) is 0 Å². The maximum Gasteiger partial charge on any atom is 0.243 e. The van der Waals surface area contributed by atoms with Crippen molar-refractivity contribution in [3.8, 4) is 17.1 Å². The molecule has 1 atom stereocenters. The molecular formula is C25H31N3O2. The van der Waals surface area contributed by atoms with Gasteiger partial charge in [0.25, 0.3) is 0 Å². The molecule has 4 rings (SSSR count). The lowest BCUT2D eigenvalue weighted by Gasteiger charge is -2.28. The Balaban J connectivity index is 1.78. The molecule has 2 N–H and O–H groups in total. The lowest BCUT2D eigenvalue weighted by Crippen LogP contribution is -2.41. The second-order valence-corrected chi connectivity index (χ2v) is 8.83. The predicted octanol–water partition coefficient (Wildman–Crippen LogP) is 5.45. The van der Waals surface area contributed by atoms with Crippen molar-refractivity contribution in [2.24, 2.45) is 5.92 Å². The number of nitrogens with one attached hydrogen (secondary N) is 1. The van der Waals surface area contributed by atoms with Crippen molar-refractivity contribution in [3.05, 3.63) is 48.5 Å². The van der Waals surface area contributed by atoms with Crippen LogP contribution in [0.25, 0.3) is 22.4 Å². The molecule has 0 radical (unpaired) electrons. The maximum absolute atomic E-state index is 13.5. The smallest absolute Gasteiger partial charge is 0.243 e. The summed E-state index contributed by atoms with van der Waals surface area (Å²) in [7, 11) is 0. The van der Waals surface area contributed by atoms with Gasteiger partial charge in [0.2, 0.25) is 5.91 Å². The molecule has 1 heterocycles. The number of nitrogens with zero attached hydrogens (tertiary/aromatic N) is 2. The Kier molecular flexibility index (Phi) is 6.07. The fourth-order valence-corrected chi connectivity index (χ4v) is 4.49. The Morgan fingerprint density at radius 2 is 1.80 bits per heavy atom. The zero-order chi connectivity index (χ0) is 21.1. The summed E-state index contributed by atoms with van der Waals surface area (Å²) in [4.78, 5) is 18.4. The van der Waals surface area contributed by atoms with Gasteiger partial charge >= 0.3 is 0 Å². The van der Waals surface area contributed by atoms with Crippen LogP contribution in [0.5, 0.6) is 5.75 Å². The quantitative estimate of drug-likeness (QED) is 0.573. The van der Waals surface area contributed by atoms with Gasteiger partial charge in [0.1, 0.15) is 17.6 Å². The molecule has 0 saturated heterocycles. The monoisotopic (exact) mass is 405 g/mol. The van der Waals surface area contributed by atoms with Crippen LogP contribution in [-0.4, -0.2) is 26.6 Å². The Morgan fingerprint density at radius 1 is 1.10 bits per heavy atom. The highest BCUT2D eigenvalue weighted by Crippen LogP contribution is 2.32. The molecule has 1 aromatic heterocycles. The van der Waals surface area contributed by atoms with E-state index in [9.17, 15) is 9.90 Å². The highest BCUT2D eigenvalue weighted by Gasteiger charge is 2.29. The molecule has 1 aliphatic rings. The van der Waals surface area contributed by atoms with Crippen LogP contribution in [0.4, 0.5) is 0 Å². The number of aromatic nitrogens is 2. The van der Waals surface area contributed by atoms with Gasteiger partial charge in [-0.1, -0.05) is 45.2 Å². The largest absolute Gasteiger partial charge is 0.508 e. The van der Waals surface area contributed by atoms with Crippen molar-refractivity contribution in [2.45, 2.75) is 64.5 Å². The third-order valence-electron chi connectivity index (χ3n) is 5.98. The number of fused-ring (bicyclic) bond motifs is 1. The van der Waals surface area contributed by atoms with Crippen LogP contribution < -0.4 is 5.32 Å². The molecule has 3 aromatic rings. The number of rotatable bonds is 6. The molecule has 1 unspecified atom stereocenters. The fourth-order valence-electron chi connectivity index (χ4n) is 4.49. The minimum atomic E-state index is -0.330. The Morgan fingerprint density at radius 3 is 2.50 bits per heavy atom. The molecule has 0 aliphatic heterocycles. The van der Waals surface area contributed by atoms with E-state index in [2.05, 4.69) is 23.7 Å². The van der Waals surface area contributed by atoms with Crippen molar-refractivity contribution in [3.63, 3.8) is 0 Å². The van der Waals surface area contributed by atoms with Gasteiger partial charge in [-0.05, 0) is 61.6 Å². The van der Waals surface area contributed by atoms with Gasteiger partial charge in [-0.3, -0.25) is 4.79 Å². The van der Waals surface area contributed by atoms with E-state index >= 15 is 0 Å². The van der Waals surface area contributed by atoms with Gasteiger partial charge in [-0.2, -0.15) is 0 Å². The van der Waals surface area contributed by atoms with E-state index in [0.717, 1.165) is 41.7 Å². The minimum absolute atomic E-state index is 0.0822. The number of phenols is 1. The number of para-hydroxylation sites is 2. The number of hydrogen-bond acceptors (Lipinski definition) is 3. The van der Waals surface area contributed by atoms with Crippen molar-refractivity contribution in [1.29, 1.82) is 0 Å². The first-order valence-corrected chi connectivity index (χ1v) is 11.1. The van der Waals surface area contributed by atoms with Gasteiger partial charge < -0.3 is 15.0 Å². The molecule has 30 heavy (non-hydrogen) atoms. The van der Waals surface area contributed by atoms with Gasteiger partial charge in [-0.25, -0.2) is 4.98 Å². The Labute approximate surface area is 178 Å². The summed E-state index contributed by atoms with van der Waals surface area (Å²) in [6, 6.07) is 15.0. The number of carbonyl (C=O) groups excluding carboxylic acids is 1. The molecule has 1 fully saturated rings. The molecule has 0 bridgehead atoms.